The summed E-state index contributed by atoms with van der Waals surface area (Å²) in [5, 5.41) is 17.6. The number of nitrogens with zero attached hydrogens (tertiary/aromatic N) is 3. The fraction of sp³-hybridized carbons (Fsp3) is 0.0667. The third kappa shape index (κ3) is 2.48. The molecule has 0 aromatic heterocycles. The van der Waals surface area contributed by atoms with Gasteiger partial charge >= 0.3 is 0 Å². The third-order valence-electron chi connectivity index (χ3n) is 2.93. The lowest BCUT2D eigenvalue weighted by Gasteiger charge is -2.20. The van der Waals surface area contributed by atoms with Crippen LogP contribution >= 0.6 is 0 Å². The molecule has 0 bridgehead atoms. The molecule has 0 fully saturated rings. The quantitative estimate of drug-likeness (QED) is 0.829. The van der Waals surface area contributed by atoms with Gasteiger partial charge in [-0.25, -0.2) is 0 Å². The Balaban J connectivity index is 2.33. The second-order valence-corrected chi connectivity index (χ2v) is 4.10. The summed E-state index contributed by atoms with van der Waals surface area (Å²) < 4.78 is 0. The van der Waals surface area contributed by atoms with Gasteiger partial charge in [-0.3, -0.25) is 0 Å². The van der Waals surface area contributed by atoms with E-state index in [1.807, 2.05) is 36.2 Å². The van der Waals surface area contributed by atoms with E-state index in [1.165, 1.54) is 0 Å². The van der Waals surface area contributed by atoms with Crippen molar-refractivity contribution in [1.82, 2.24) is 0 Å². The van der Waals surface area contributed by atoms with Gasteiger partial charge in [-0.1, -0.05) is 0 Å². The molecule has 0 saturated carbocycles. The predicted molar refractivity (Wildman–Crippen MR) is 74.8 cm³/mol. The van der Waals surface area contributed by atoms with Crippen molar-refractivity contribution in [1.29, 1.82) is 10.5 Å². The maximum Gasteiger partial charge on any atom is 0.101 e. The summed E-state index contributed by atoms with van der Waals surface area (Å²) in [6.07, 6.45) is 0. The van der Waals surface area contributed by atoms with Crippen LogP contribution in [0.1, 0.15) is 11.1 Å². The summed E-state index contributed by atoms with van der Waals surface area (Å²) in [6.45, 7) is 0. The molecule has 4 heteroatoms. The fourth-order valence-electron chi connectivity index (χ4n) is 1.77. The Kier molecular flexibility index (Phi) is 3.36. The first-order valence-corrected chi connectivity index (χ1v) is 5.69. The SMILES string of the molecule is CN(c1ccc(C#N)cc1)c1ccc(C#N)c(N)c1. The molecule has 0 aliphatic rings. The lowest BCUT2D eigenvalue weighted by Crippen LogP contribution is -2.09. The number of anilines is 3. The van der Waals surface area contributed by atoms with Gasteiger partial charge in [0.25, 0.3) is 0 Å². The molecule has 0 heterocycles. The van der Waals surface area contributed by atoms with Gasteiger partial charge in [0.15, 0.2) is 0 Å². The van der Waals surface area contributed by atoms with Crippen LogP contribution in [-0.2, 0) is 0 Å². The number of benzene rings is 2. The van der Waals surface area contributed by atoms with Crippen molar-refractivity contribution in [2.75, 3.05) is 17.7 Å². The van der Waals surface area contributed by atoms with E-state index in [4.69, 9.17) is 16.3 Å². The number of rotatable bonds is 2. The second kappa shape index (κ2) is 5.12. The minimum atomic E-state index is 0.459. The highest BCUT2D eigenvalue weighted by molar-refractivity contribution is 5.69. The lowest BCUT2D eigenvalue weighted by molar-refractivity contribution is 1.21. The summed E-state index contributed by atoms with van der Waals surface area (Å²) in [4.78, 5) is 1.94. The maximum atomic E-state index is 8.85. The van der Waals surface area contributed by atoms with E-state index in [9.17, 15) is 0 Å². The molecule has 2 aromatic carbocycles. The monoisotopic (exact) mass is 248 g/mol. The summed E-state index contributed by atoms with van der Waals surface area (Å²) in [6, 6.07) is 16.7. The van der Waals surface area contributed by atoms with Crippen molar-refractivity contribution < 1.29 is 0 Å². The molecule has 2 aromatic rings. The van der Waals surface area contributed by atoms with Gasteiger partial charge in [0, 0.05) is 18.4 Å². The van der Waals surface area contributed by atoms with E-state index >= 15 is 0 Å². The zero-order valence-corrected chi connectivity index (χ0v) is 10.5. The smallest absolute Gasteiger partial charge is 0.101 e. The molecule has 4 nitrogen and oxygen atoms in total. The van der Waals surface area contributed by atoms with Crippen molar-refractivity contribution in [2.45, 2.75) is 0 Å². The molecule has 0 radical (unpaired) electrons. The molecule has 0 spiro atoms. The highest BCUT2D eigenvalue weighted by atomic mass is 15.1. The molecule has 19 heavy (non-hydrogen) atoms. The zero-order chi connectivity index (χ0) is 13.8. The highest BCUT2D eigenvalue weighted by Gasteiger charge is 2.06. The summed E-state index contributed by atoms with van der Waals surface area (Å²) in [5.74, 6) is 0. The van der Waals surface area contributed by atoms with Crippen molar-refractivity contribution in [3.8, 4) is 12.1 Å². The Morgan fingerprint density at radius 2 is 1.58 bits per heavy atom. The average Bonchev–Trinajstić information content (AvgIpc) is 2.46. The van der Waals surface area contributed by atoms with Crippen LogP contribution in [0.3, 0.4) is 0 Å². The number of nitriles is 2. The molecule has 0 aliphatic heterocycles. The van der Waals surface area contributed by atoms with Gasteiger partial charge in [-0.2, -0.15) is 10.5 Å². The van der Waals surface area contributed by atoms with Crippen LogP contribution in [-0.4, -0.2) is 7.05 Å². The lowest BCUT2D eigenvalue weighted by atomic mass is 10.1. The minimum Gasteiger partial charge on any atom is -0.398 e. The number of hydrogen-bond acceptors (Lipinski definition) is 4. The minimum absolute atomic E-state index is 0.459. The molecule has 0 aliphatic carbocycles. The summed E-state index contributed by atoms with van der Waals surface area (Å²) in [7, 11) is 1.90. The van der Waals surface area contributed by atoms with Gasteiger partial charge in [0.05, 0.1) is 22.9 Å². The van der Waals surface area contributed by atoms with Crippen molar-refractivity contribution in [3.63, 3.8) is 0 Å². The van der Waals surface area contributed by atoms with Crippen LogP contribution in [0.4, 0.5) is 17.1 Å². The Bertz CT molecular complexity index is 675. The first kappa shape index (κ1) is 12.5. The molecular weight excluding hydrogens is 236 g/mol. The molecule has 92 valence electrons. The van der Waals surface area contributed by atoms with E-state index < -0.39 is 0 Å². The first-order chi connectivity index (χ1) is 9.15. The van der Waals surface area contributed by atoms with Crippen LogP contribution in [0.2, 0.25) is 0 Å². The van der Waals surface area contributed by atoms with Crippen LogP contribution in [0.25, 0.3) is 0 Å². The summed E-state index contributed by atoms with van der Waals surface area (Å²) >= 11 is 0. The fourth-order valence-corrected chi connectivity index (χ4v) is 1.77. The van der Waals surface area contributed by atoms with Gasteiger partial charge in [-0.15, -0.1) is 0 Å². The van der Waals surface area contributed by atoms with Gasteiger partial charge in [-0.05, 0) is 42.5 Å². The van der Waals surface area contributed by atoms with Crippen LogP contribution < -0.4 is 10.6 Å². The molecule has 0 amide bonds. The molecule has 0 atom stereocenters. The topological polar surface area (TPSA) is 76.8 Å². The van der Waals surface area contributed by atoms with Crippen molar-refractivity contribution in [3.05, 3.63) is 53.6 Å². The maximum absolute atomic E-state index is 8.85. The Labute approximate surface area is 111 Å². The third-order valence-corrected chi connectivity index (χ3v) is 2.93. The predicted octanol–water partition coefficient (Wildman–Crippen LogP) is 2.78. The molecule has 0 unspecified atom stereocenters. The zero-order valence-electron chi connectivity index (χ0n) is 10.5. The van der Waals surface area contributed by atoms with Crippen LogP contribution in [0.15, 0.2) is 42.5 Å². The van der Waals surface area contributed by atoms with Crippen LogP contribution in [0, 0.1) is 22.7 Å². The molecule has 2 rings (SSSR count). The van der Waals surface area contributed by atoms with Gasteiger partial charge in [0.1, 0.15) is 6.07 Å². The Morgan fingerprint density at radius 3 is 2.11 bits per heavy atom. The van der Waals surface area contributed by atoms with E-state index in [-0.39, 0.29) is 0 Å². The summed E-state index contributed by atoms with van der Waals surface area (Å²) in [5.41, 5.74) is 9.19. The average molecular weight is 248 g/mol. The molecule has 0 saturated heterocycles. The van der Waals surface area contributed by atoms with E-state index in [1.54, 1.807) is 24.3 Å². The first-order valence-electron chi connectivity index (χ1n) is 5.69. The van der Waals surface area contributed by atoms with E-state index in [0.29, 0.717) is 16.8 Å². The standard InChI is InChI=1S/C15H12N4/c1-19(13-5-2-11(9-16)3-6-13)14-7-4-12(10-17)15(18)8-14/h2-8H,18H2,1H3. The molecular formula is C15H12N4. The van der Waals surface area contributed by atoms with Crippen molar-refractivity contribution in [2.24, 2.45) is 0 Å². The number of hydrogen-bond donors (Lipinski definition) is 1. The largest absolute Gasteiger partial charge is 0.398 e. The van der Waals surface area contributed by atoms with Gasteiger partial charge in [0.2, 0.25) is 0 Å². The number of nitrogen functional groups attached to an aromatic ring is 1. The Morgan fingerprint density at radius 1 is 0.947 bits per heavy atom. The normalized spacial score (nSPS) is 9.42. The van der Waals surface area contributed by atoms with E-state index in [2.05, 4.69) is 6.07 Å². The van der Waals surface area contributed by atoms with E-state index in [0.717, 1.165) is 11.4 Å². The van der Waals surface area contributed by atoms with Crippen molar-refractivity contribution >= 4 is 17.1 Å². The number of nitrogens with two attached hydrogens (primary N) is 1. The highest BCUT2D eigenvalue weighted by Crippen LogP contribution is 2.26. The Hall–Kier alpha value is -2.98. The second-order valence-electron chi connectivity index (χ2n) is 4.10. The van der Waals surface area contributed by atoms with Crippen LogP contribution in [0.5, 0.6) is 0 Å². The molecule has 2 N–H and O–H groups in total. The van der Waals surface area contributed by atoms with Gasteiger partial charge < -0.3 is 10.6 Å².